The van der Waals surface area contributed by atoms with E-state index in [2.05, 4.69) is 5.32 Å². The van der Waals surface area contributed by atoms with Crippen molar-refractivity contribution in [1.82, 2.24) is 0 Å². The number of methoxy groups -OCH3 is 2. The van der Waals surface area contributed by atoms with Crippen molar-refractivity contribution in [2.45, 2.75) is 25.7 Å². The standard InChI is InChI=1S/C20H23NO5/c1-25-17-9-10-18(26-2)15(13-17)6-11-19(22)21-16-7-3-14(4-8-16)5-12-20(23)24/h3-4,7-10,13H,5-6,11-12H2,1-2H3,(H,21,22)(H,23,24). The highest BCUT2D eigenvalue weighted by Gasteiger charge is 2.09. The molecule has 138 valence electrons. The van der Waals surface area contributed by atoms with E-state index in [1.165, 1.54) is 0 Å². The molecule has 0 radical (unpaired) electrons. The van der Waals surface area contributed by atoms with Crippen LogP contribution >= 0.6 is 0 Å². The van der Waals surface area contributed by atoms with Gasteiger partial charge in [0, 0.05) is 18.5 Å². The lowest BCUT2D eigenvalue weighted by Crippen LogP contribution is -2.12. The maximum absolute atomic E-state index is 12.2. The Balaban J connectivity index is 1.90. The SMILES string of the molecule is COc1ccc(OC)c(CCC(=O)Nc2ccc(CCC(=O)O)cc2)c1. The average molecular weight is 357 g/mol. The smallest absolute Gasteiger partial charge is 0.303 e. The fraction of sp³-hybridized carbons (Fsp3) is 0.300. The molecule has 0 heterocycles. The number of nitrogens with one attached hydrogen (secondary N) is 1. The minimum Gasteiger partial charge on any atom is -0.497 e. The fourth-order valence-corrected chi connectivity index (χ4v) is 2.55. The molecule has 26 heavy (non-hydrogen) atoms. The van der Waals surface area contributed by atoms with Crippen LogP contribution in [0.25, 0.3) is 0 Å². The van der Waals surface area contributed by atoms with Gasteiger partial charge in [0.15, 0.2) is 0 Å². The summed E-state index contributed by atoms with van der Waals surface area (Å²) in [7, 11) is 3.19. The number of amides is 1. The minimum atomic E-state index is -0.824. The van der Waals surface area contributed by atoms with Gasteiger partial charge in [-0.25, -0.2) is 0 Å². The molecule has 6 nitrogen and oxygen atoms in total. The number of hydrogen-bond donors (Lipinski definition) is 2. The van der Waals surface area contributed by atoms with E-state index in [-0.39, 0.29) is 12.3 Å². The molecule has 2 rings (SSSR count). The predicted molar refractivity (Wildman–Crippen MR) is 98.9 cm³/mol. The molecule has 0 saturated carbocycles. The number of carboxylic acid groups (broad SMARTS) is 1. The first kappa shape index (κ1) is 19.3. The number of carbonyl (C=O) groups excluding carboxylic acids is 1. The highest BCUT2D eigenvalue weighted by molar-refractivity contribution is 5.90. The molecule has 0 spiro atoms. The Morgan fingerprint density at radius 1 is 0.962 bits per heavy atom. The monoisotopic (exact) mass is 357 g/mol. The Labute approximate surface area is 152 Å². The van der Waals surface area contributed by atoms with Gasteiger partial charge >= 0.3 is 5.97 Å². The van der Waals surface area contributed by atoms with Crippen molar-refractivity contribution >= 4 is 17.6 Å². The van der Waals surface area contributed by atoms with Crippen LogP contribution in [0.5, 0.6) is 11.5 Å². The molecule has 6 heteroatoms. The maximum atomic E-state index is 12.2. The molecule has 0 atom stereocenters. The van der Waals surface area contributed by atoms with Gasteiger partial charge in [-0.1, -0.05) is 12.1 Å². The molecule has 0 unspecified atom stereocenters. The Kier molecular flexibility index (Phi) is 7.02. The largest absolute Gasteiger partial charge is 0.497 e. The third-order valence-corrected chi connectivity index (χ3v) is 3.97. The Morgan fingerprint density at radius 2 is 1.69 bits per heavy atom. The lowest BCUT2D eigenvalue weighted by Gasteiger charge is -2.11. The van der Waals surface area contributed by atoms with Gasteiger partial charge in [-0.2, -0.15) is 0 Å². The van der Waals surface area contributed by atoms with Crippen molar-refractivity contribution in [3.8, 4) is 11.5 Å². The minimum absolute atomic E-state index is 0.0913. The Morgan fingerprint density at radius 3 is 2.31 bits per heavy atom. The molecule has 0 aliphatic rings. The molecule has 0 saturated heterocycles. The summed E-state index contributed by atoms with van der Waals surface area (Å²) in [5.74, 6) is 0.517. The summed E-state index contributed by atoms with van der Waals surface area (Å²) in [4.78, 5) is 22.8. The number of ether oxygens (including phenoxy) is 2. The predicted octanol–water partition coefficient (Wildman–Crippen LogP) is 3.29. The van der Waals surface area contributed by atoms with Crippen LogP contribution < -0.4 is 14.8 Å². The molecule has 0 fully saturated rings. The van der Waals surface area contributed by atoms with Crippen LogP contribution in [-0.2, 0) is 22.4 Å². The van der Waals surface area contributed by atoms with Crippen LogP contribution in [0.2, 0.25) is 0 Å². The Hall–Kier alpha value is -3.02. The van der Waals surface area contributed by atoms with Gasteiger partial charge in [-0.3, -0.25) is 9.59 Å². The van der Waals surface area contributed by atoms with E-state index in [0.717, 1.165) is 22.6 Å². The Bertz CT molecular complexity index is 755. The third-order valence-electron chi connectivity index (χ3n) is 3.97. The first-order valence-corrected chi connectivity index (χ1v) is 8.33. The number of carbonyl (C=O) groups is 2. The lowest BCUT2D eigenvalue weighted by atomic mass is 10.1. The molecule has 0 aliphatic heterocycles. The molecule has 2 N–H and O–H groups in total. The number of hydrogen-bond acceptors (Lipinski definition) is 4. The topological polar surface area (TPSA) is 84.9 Å². The third kappa shape index (κ3) is 5.81. The van der Waals surface area contributed by atoms with Gasteiger partial charge in [0.2, 0.25) is 5.91 Å². The highest BCUT2D eigenvalue weighted by atomic mass is 16.5. The molecule has 1 amide bonds. The van der Waals surface area contributed by atoms with E-state index in [1.54, 1.807) is 26.4 Å². The van der Waals surface area contributed by atoms with Crippen molar-refractivity contribution in [3.05, 3.63) is 53.6 Å². The van der Waals surface area contributed by atoms with Crippen LogP contribution in [0, 0.1) is 0 Å². The first-order chi connectivity index (χ1) is 12.5. The summed E-state index contributed by atoms with van der Waals surface area (Å²) in [6.07, 6.45) is 1.40. The van der Waals surface area contributed by atoms with Crippen molar-refractivity contribution in [3.63, 3.8) is 0 Å². The second kappa shape index (κ2) is 9.46. The summed E-state index contributed by atoms with van der Waals surface area (Å²) in [5, 5.41) is 11.5. The fourth-order valence-electron chi connectivity index (χ4n) is 2.55. The van der Waals surface area contributed by atoms with Crippen molar-refractivity contribution < 1.29 is 24.2 Å². The summed E-state index contributed by atoms with van der Waals surface area (Å²) >= 11 is 0. The number of aliphatic carboxylic acids is 1. The number of anilines is 1. The van der Waals surface area contributed by atoms with E-state index in [1.807, 2.05) is 30.3 Å². The second-order valence-electron chi connectivity index (χ2n) is 5.82. The van der Waals surface area contributed by atoms with E-state index < -0.39 is 5.97 Å². The van der Waals surface area contributed by atoms with E-state index in [4.69, 9.17) is 14.6 Å². The van der Waals surface area contributed by atoms with Gasteiger partial charge in [0.1, 0.15) is 11.5 Å². The van der Waals surface area contributed by atoms with Gasteiger partial charge < -0.3 is 19.9 Å². The number of aryl methyl sites for hydroxylation is 2. The van der Waals surface area contributed by atoms with Crippen molar-refractivity contribution in [2.75, 3.05) is 19.5 Å². The number of rotatable bonds is 9. The highest BCUT2D eigenvalue weighted by Crippen LogP contribution is 2.25. The zero-order chi connectivity index (χ0) is 18.9. The van der Waals surface area contributed by atoms with Crippen LogP contribution in [0.15, 0.2) is 42.5 Å². The van der Waals surface area contributed by atoms with Gasteiger partial charge in [0.25, 0.3) is 0 Å². The lowest BCUT2D eigenvalue weighted by molar-refractivity contribution is -0.137. The van der Waals surface area contributed by atoms with Crippen molar-refractivity contribution in [1.29, 1.82) is 0 Å². The number of carboxylic acids is 1. The summed E-state index contributed by atoms with van der Waals surface area (Å²) in [6, 6.07) is 12.7. The van der Waals surface area contributed by atoms with E-state index in [9.17, 15) is 9.59 Å². The summed E-state index contributed by atoms with van der Waals surface area (Å²) in [6.45, 7) is 0. The zero-order valence-electron chi connectivity index (χ0n) is 15.0. The second-order valence-corrected chi connectivity index (χ2v) is 5.82. The van der Waals surface area contributed by atoms with E-state index >= 15 is 0 Å². The first-order valence-electron chi connectivity index (χ1n) is 8.33. The van der Waals surface area contributed by atoms with Crippen LogP contribution in [0.1, 0.15) is 24.0 Å². The molecule has 0 bridgehead atoms. The molecular weight excluding hydrogens is 334 g/mol. The molecular formula is C20H23NO5. The normalized spacial score (nSPS) is 10.2. The van der Waals surface area contributed by atoms with Gasteiger partial charge in [-0.15, -0.1) is 0 Å². The zero-order valence-corrected chi connectivity index (χ0v) is 15.0. The molecule has 2 aromatic rings. The van der Waals surface area contributed by atoms with Gasteiger partial charge in [-0.05, 0) is 54.3 Å². The molecule has 0 aromatic heterocycles. The van der Waals surface area contributed by atoms with Gasteiger partial charge in [0.05, 0.1) is 14.2 Å². The number of benzene rings is 2. The quantitative estimate of drug-likeness (QED) is 0.719. The maximum Gasteiger partial charge on any atom is 0.303 e. The summed E-state index contributed by atoms with van der Waals surface area (Å²) < 4.78 is 10.5. The van der Waals surface area contributed by atoms with Crippen molar-refractivity contribution in [2.24, 2.45) is 0 Å². The summed E-state index contributed by atoms with van der Waals surface area (Å²) in [5.41, 5.74) is 2.52. The van der Waals surface area contributed by atoms with E-state index in [0.29, 0.717) is 24.9 Å². The van der Waals surface area contributed by atoms with Crippen LogP contribution in [0.4, 0.5) is 5.69 Å². The molecule has 2 aromatic carbocycles. The van der Waals surface area contributed by atoms with Crippen LogP contribution in [0.3, 0.4) is 0 Å². The average Bonchev–Trinajstić information content (AvgIpc) is 2.65. The van der Waals surface area contributed by atoms with Crippen LogP contribution in [-0.4, -0.2) is 31.2 Å². The molecule has 0 aliphatic carbocycles.